The lowest BCUT2D eigenvalue weighted by Crippen LogP contribution is -2.49. The van der Waals surface area contributed by atoms with Crippen molar-refractivity contribution < 1.29 is 14.3 Å². The topological polar surface area (TPSA) is 62.8 Å². The zero-order valence-electron chi connectivity index (χ0n) is 16.5. The van der Waals surface area contributed by atoms with Crippen LogP contribution in [0.5, 0.6) is 5.75 Å². The monoisotopic (exact) mass is 421 g/mol. The van der Waals surface area contributed by atoms with Crippen LogP contribution < -0.4 is 15.4 Å². The van der Waals surface area contributed by atoms with Crippen LogP contribution in [0.2, 0.25) is 0 Å². The minimum Gasteiger partial charge on any atom is -0.492 e. The maximum Gasteiger partial charge on any atom is 0.228 e. The van der Waals surface area contributed by atoms with Gasteiger partial charge in [0.1, 0.15) is 12.4 Å². The highest BCUT2D eigenvalue weighted by Gasteiger charge is 2.39. The fraction of sp³-hybridized carbons (Fsp3) is 0.632. The molecule has 0 aliphatic carbocycles. The van der Waals surface area contributed by atoms with E-state index in [1.54, 1.807) is 7.11 Å². The summed E-state index contributed by atoms with van der Waals surface area (Å²) in [6, 6.07) is 7.90. The van der Waals surface area contributed by atoms with Gasteiger partial charge in [-0.05, 0) is 57.7 Å². The number of nitrogens with zero attached hydrogens (tertiary/aromatic N) is 1. The Morgan fingerprint density at radius 3 is 2.37 bits per heavy atom. The quantitative estimate of drug-likeness (QED) is 0.638. The molecule has 0 aromatic heterocycles. The van der Waals surface area contributed by atoms with Crippen molar-refractivity contribution >= 4 is 30.7 Å². The van der Waals surface area contributed by atoms with Crippen molar-refractivity contribution in [3.8, 4) is 5.75 Å². The summed E-state index contributed by atoms with van der Waals surface area (Å²) in [5.74, 6) is 0.938. The van der Waals surface area contributed by atoms with E-state index in [9.17, 15) is 4.79 Å². The van der Waals surface area contributed by atoms with Crippen LogP contribution >= 0.6 is 24.8 Å². The van der Waals surface area contributed by atoms with E-state index in [4.69, 9.17) is 9.47 Å². The van der Waals surface area contributed by atoms with E-state index in [0.29, 0.717) is 19.8 Å². The summed E-state index contributed by atoms with van der Waals surface area (Å²) in [5.41, 5.74) is 0.657. The first-order valence-electron chi connectivity index (χ1n) is 8.90. The SMILES string of the molecule is COCC1(C(=O)NCc2ccc(OCCN(C)C)cc2)CCNCC1.Cl.Cl. The lowest BCUT2D eigenvalue weighted by atomic mass is 9.78. The average molecular weight is 422 g/mol. The Morgan fingerprint density at radius 2 is 1.81 bits per heavy atom. The van der Waals surface area contributed by atoms with Gasteiger partial charge in [-0.1, -0.05) is 12.1 Å². The molecule has 1 saturated heterocycles. The molecule has 2 rings (SSSR count). The number of hydrogen-bond donors (Lipinski definition) is 2. The highest BCUT2D eigenvalue weighted by Crippen LogP contribution is 2.29. The Bertz CT molecular complexity index is 530. The molecule has 6 nitrogen and oxygen atoms in total. The molecule has 1 aromatic rings. The number of carbonyl (C=O) groups excluding carboxylic acids is 1. The van der Waals surface area contributed by atoms with Gasteiger partial charge in [-0.2, -0.15) is 0 Å². The summed E-state index contributed by atoms with van der Waals surface area (Å²) < 4.78 is 11.0. The zero-order chi connectivity index (χ0) is 18.1. The van der Waals surface area contributed by atoms with Gasteiger partial charge in [0, 0.05) is 20.2 Å². The third-order valence-electron chi connectivity index (χ3n) is 4.65. The standard InChI is InChI=1S/C19H31N3O3.2ClH/c1-22(2)12-13-25-17-6-4-16(5-7-17)14-21-18(23)19(15-24-3)8-10-20-11-9-19;;/h4-7,20H,8-15H2,1-3H3,(H,21,23);2*1H. The smallest absolute Gasteiger partial charge is 0.228 e. The number of nitrogens with one attached hydrogen (secondary N) is 2. The molecule has 0 saturated carbocycles. The van der Waals surface area contributed by atoms with E-state index in [1.807, 2.05) is 38.4 Å². The van der Waals surface area contributed by atoms with Gasteiger partial charge in [-0.3, -0.25) is 4.79 Å². The van der Waals surface area contributed by atoms with Gasteiger partial charge in [0.15, 0.2) is 0 Å². The van der Waals surface area contributed by atoms with Crippen molar-refractivity contribution in [2.24, 2.45) is 5.41 Å². The second-order valence-corrected chi connectivity index (χ2v) is 6.94. The predicted octanol–water partition coefficient (Wildman–Crippen LogP) is 2.10. The Hall–Kier alpha value is -1.05. The Morgan fingerprint density at radius 1 is 1.19 bits per heavy atom. The molecule has 8 heteroatoms. The number of ether oxygens (including phenoxy) is 2. The van der Waals surface area contributed by atoms with Crippen LogP contribution in [0, 0.1) is 5.41 Å². The van der Waals surface area contributed by atoms with Gasteiger partial charge in [0.2, 0.25) is 5.91 Å². The molecule has 1 aliphatic rings. The highest BCUT2D eigenvalue weighted by molar-refractivity contribution is 5.85. The van der Waals surface area contributed by atoms with Crippen molar-refractivity contribution in [1.29, 1.82) is 0 Å². The van der Waals surface area contributed by atoms with E-state index in [0.717, 1.165) is 43.8 Å². The summed E-state index contributed by atoms with van der Waals surface area (Å²) in [4.78, 5) is 14.8. The van der Waals surface area contributed by atoms with Crippen LogP contribution in [0.25, 0.3) is 0 Å². The molecule has 0 bridgehead atoms. The molecule has 0 spiro atoms. The van der Waals surface area contributed by atoms with Crippen LogP contribution in [0.15, 0.2) is 24.3 Å². The van der Waals surface area contributed by atoms with Gasteiger partial charge in [-0.15, -0.1) is 24.8 Å². The van der Waals surface area contributed by atoms with Crippen molar-refractivity contribution in [2.75, 3.05) is 54.1 Å². The first kappa shape index (κ1) is 26.0. The number of likely N-dealkylation sites (N-methyl/N-ethyl adjacent to an activating group) is 1. The molecule has 0 radical (unpaired) electrons. The second kappa shape index (κ2) is 13.2. The number of amides is 1. The lowest BCUT2D eigenvalue weighted by Gasteiger charge is -2.35. The van der Waals surface area contributed by atoms with Crippen molar-refractivity contribution in [1.82, 2.24) is 15.5 Å². The van der Waals surface area contributed by atoms with Crippen LogP contribution in [-0.4, -0.2) is 64.9 Å². The molecule has 1 fully saturated rings. The van der Waals surface area contributed by atoms with Crippen molar-refractivity contribution in [3.63, 3.8) is 0 Å². The molecule has 2 N–H and O–H groups in total. The summed E-state index contributed by atoms with van der Waals surface area (Å²) in [6.07, 6.45) is 1.62. The Labute approximate surface area is 175 Å². The minimum absolute atomic E-state index is 0. The molecule has 156 valence electrons. The summed E-state index contributed by atoms with van der Waals surface area (Å²) in [6.45, 7) is 4.26. The minimum atomic E-state index is -0.408. The second-order valence-electron chi connectivity index (χ2n) is 6.94. The van der Waals surface area contributed by atoms with Crippen molar-refractivity contribution in [2.45, 2.75) is 19.4 Å². The molecule has 27 heavy (non-hydrogen) atoms. The van der Waals surface area contributed by atoms with E-state index in [1.165, 1.54) is 0 Å². The van der Waals surface area contributed by atoms with Gasteiger partial charge >= 0.3 is 0 Å². The largest absolute Gasteiger partial charge is 0.492 e. The summed E-state index contributed by atoms with van der Waals surface area (Å²) in [5, 5.41) is 6.38. The van der Waals surface area contributed by atoms with Crippen molar-refractivity contribution in [3.05, 3.63) is 29.8 Å². The van der Waals surface area contributed by atoms with Gasteiger partial charge in [-0.25, -0.2) is 0 Å². The van der Waals surface area contributed by atoms with E-state index in [-0.39, 0.29) is 30.7 Å². The molecule has 0 unspecified atom stereocenters. The number of benzene rings is 1. The maximum absolute atomic E-state index is 12.7. The average Bonchev–Trinajstić information content (AvgIpc) is 2.61. The van der Waals surface area contributed by atoms with Crippen LogP contribution in [0.4, 0.5) is 0 Å². The molecular formula is C19H33Cl2N3O3. The third kappa shape index (κ3) is 8.23. The first-order chi connectivity index (χ1) is 12.1. The number of halogens is 2. The van der Waals surface area contributed by atoms with Crippen LogP contribution in [0.1, 0.15) is 18.4 Å². The number of hydrogen-bond acceptors (Lipinski definition) is 5. The predicted molar refractivity (Wildman–Crippen MR) is 113 cm³/mol. The third-order valence-corrected chi connectivity index (χ3v) is 4.65. The molecule has 1 aromatic carbocycles. The summed E-state index contributed by atoms with van der Waals surface area (Å²) in [7, 11) is 5.70. The van der Waals surface area contributed by atoms with Crippen LogP contribution in [0.3, 0.4) is 0 Å². The fourth-order valence-corrected chi connectivity index (χ4v) is 3.04. The zero-order valence-corrected chi connectivity index (χ0v) is 18.1. The number of methoxy groups -OCH3 is 1. The highest BCUT2D eigenvalue weighted by atomic mass is 35.5. The molecule has 0 atom stereocenters. The number of carbonyl (C=O) groups is 1. The van der Waals surface area contributed by atoms with E-state index < -0.39 is 5.41 Å². The molecule has 1 heterocycles. The number of piperidine rings is 1. The fourth-order valence-electron chi connectivity index (χ4n) is 3.04. The molecule has 1 aliphatic heterocycles. The van der Waals surface area contributed by atoms with E-state index >= 15 is 0 Å². The normalized spacial score (nSPS) is 15.4. The van der Waals surface area contributed by atoms with Gasteiger partial charge in [0.05, 0.1) is 12.0 Å². The number of rotatable bonds is 9. The van der Waals surface area contributed by atoms with E-state index in [2.05, 4.69) is 15.5 Å². The van der Waals surface area contributed by atoms with Crippen LogP contribution in [-0.2, 0) is 16.1 Å². The van der Waals surface area contributed by atoms with Gasteiger partial charge < -0.3 is 25.0 Å². The Balaban J connectivity index is 0.00000338. The Kier molecular flexibility index (Phi) is 12.7. The summed E-state index contributed by atoms with van der Waals surface area (Å²) >= 11 is 0. The molecular weight excluding hydrogens is 389 g/mol. The molecule has 1 amide bonds. The first-order valence-corrected chi connectivity index (χ1v) is 8.90. The van der Waals surface area contributed by atoms with Gasteiger partial charge in [0.25, 0.3) is 0 Å². The lowest BCUT2D eigenvalue weighted by molar-refractivity contribution is -0.136. The maximum atomic E-state index is 12.7.